The lowest BCUT2D eigenvalue weighted by Gasteiger charge is -2.34. The molecule has 0 bridgehead atoms. The van der Waals surface area contributed by atoms with Crippen LogP contribution in [-0.4, -0.2) is 50.0 Å². The molecule has 0 spiro atoms. The molecular formula is C31H38ClN3O4S. The van der Waals surface area contributed by atoms with Crippen LogP contribution in [-0.2, 0) is 32.6 Å². The Labute approximate surface area is 243 Å². The van der Waals surface area contributed by atoms with Crippen LogP contribution < -0.4 is 9.62 Å². The molecule has 0 fully saturated rings. The van der Waals surface area contributed by atoms with E-state index in [-0.39, 0.29) is 24.9 Å². The Hall–Kier alpha value is -3.36. The number of anilines is 1. The topological polar surface area (TPSA) is 86.8 Å². The van der Waals surface area contributed by atoms with Crippen molar-refractivity contribution in [2.45, 2.75) is 59.2 Å². The first kappa shape index (κ1) is 31.2. The molecule has 214 valence electrons. The summed E-state index contributed by atoms with van der Waals surface area (Å²) >= 11 is 6.49. The normalized spacial score (nSPS) is 12.8. The number of nitrogens with zero attached hydrogens (tertiary/aromatic N) is 2. The van der Waals surface area contributed by atoms with Gasteiger partial charge in [-0.3, -0.25) is 13.9 Å². The molecule has 0 saturated carbocycles. The molecule has 3 rings (SSSR count). The Bertz CT molecular complexity index is 1430. The molecule has 0 aliphatic rings. The summed E-state index contributed by atoms with van der Waals surface area (Å²) in [6.45, 7) is 7.27. The monoisotopic (exact) mass is 583 g/mol. The van der Waals surface area contributed by atoms with E-state index in [1.807, 2.05) is 70.2 Å². The van der Waals surface area contributed by atoms with Gasteiger partial charge in [0.25, 0.3) is 0 Å². The van der Waals surface area contributed by atoms with Crippen molar-refractivity contribution in [3.8, 4) is 0 Å². The van der Waals surface area contributed by atoms with E-state index in [9.17, 15) is 18.0 Å². The van der Waals surface area contributed by atoms with Crippen molar-refractivity contribution in [1.29, 1.82) is 0 Å². The summed E-state index contributed by atoms with van der Waals surface area (Å²) in [7, 11) is -3.83. The highest BCUT2D eigenvalue weighted by Crippen LogP contribution is 2.24. The van der Waals surface area contributed by atoms with E-state index >= 15 is 0 Å². The van der Waals surface area contributed by atoms with Crippen molar-refractivity contribution in [3.63, 3.8) is 0 Å². The minimum Gasteiger partial charge on any atom is -0.352 e. The highest BCUT2D eigenvalue weighted by molar-refractivity contribution is 7.92. The number of sulfonamides is 1. The van der Waals surface area contributed by atoms with Crippen LogP contribution >= 0.6 is 11.6 Å². The third-order valence-corrected chi connectivity index (χ3v) is 8.54. The zero-order valence-corrected chi connectivity index (χ0v) is 25.3. The van der Waals surface area contributed by atoms with Crippen LogP contribution in [0.3, 0.4) is 0 Å². The van der Waals surface area contributed by atoms with E-state index in [0.29, 0.717) is 16.3 Å². The maximum Gasteiger partial charge on any atom is 0.244 e. The third-order valence-electron chi connectivity index (χ3n) is 7.03. The largest absolute Gasteiger partial charge is 0.352 e. The van der Waals surface area contributed by atoms with Crippen LogP contribution in [0.25, 0.3) is 0 Å². The fourth-order valence-corrected chi connectivity index (χ4v) is 5.34. The number of aryl methyl sites for hydroxylation is 2. The van der Waals surface area contributed by atoms with Crippen molar-refractivity contribution in [1.82, 2.24) is 10.2 Å². The summed E-state index contributed by atoms with van der Waals surface area (Å²) in [4.78, 5) is 29.3. The minimum absolute atomic E-state index is 0.0362. The van der Waals surface area contributed by atoms with Crippen molar-refractivity contribution in [3.05, 3.63) is 100 Å². The molecule has 7 nitrogen and oxygen atoms in total. The Balaban J connectivity index is 2.08. The van der Waals surface area contributed by atoms with E-state index in [0.717, 1.165) is 33.7 Å². The van der Waals surface area contributed by atoms with Crippen molar-refractivity contribution in [2.24, 2.45) is 0 Å². The SMILES string of the molecule is CC[C@H](C)NC(=O)[C@H](Cc1ccccc1)N(Cc1ccccc1Cl)C(=O)CN(c1ccc(C)c(C)c1)S(C)(=O)=O. The van der Waals surface area contributed by atoms with E-state index in [2.05, 4.69) is 5.32 Å². The van der Waals surface area contributed by atoms with Gasteiger partial charge in [0.05, 0.1) is 11.9 Å². The van der Waals surface area contributed by atoms with E-state index in [1.54, 1.807) is 30.3 Å². The van der Waals surface area contributed by atoms with Gasteiger partial charge in [-0.1, -0.05) is 73.1 Å². The van der Waals surface area contributed by atoms with Crippen LogP contribution in [0.4, 0.5) is 5.69 Å². The van der Waals surface area contributed by atoms with Crippen molar-refractivity contribution in [2.75, 3.05) is 17.1 Å². The second-order valence-corrected chi connectivity index (χ2v) is 12.5. The second-order valence-electron chi connectivity index (χ2n) is 10.2. The number of carbonyl (C=O) groups is 2. The summed E-state index contributed by atoms with van der Waals surface area (Å²) in [5.41, 5.74) is 3.83. The lowest BCUT2D eigenvalue weighted by Crippen LogP contribution is -2.54. The molecule has 9 heteroatoms. The molecule has 2 amide bonds. The van der Waals surface area contributed by atoms with Crippen LogP contribution in [0.2, 0.25) is 5.02 Å². The number of carbonyl (C=O) groups excluding carboxylic acids is 2. The van der Waals surface area contributed by atoms with Gasteiger partial charge in [0, 0.05) is 24.0 Å². The smallest absolute Gasteiger partial charge is 0.244 e. The van der Waals surface area contributed by atoms with Crippen LogP contribution in [0.5, 0.6) is 0 Å². The van der Waals surface area contributed by atoms with Gasteiger partial charge in [-0.2, -0.15) is 0 Å². The third kappa shape index (κ3) is 8.32. The zero-order valence-electron chi connectivity index (χ0n) is 23.7. The van der Waals surface area contributed by atoms with Gasteiger partial charge in [-0.15, -0.1) is 0 Å². The summed E-state index contributed by atoms with van der Waals surface area (Å²) in [5, 5.41) is 3.47. The molecule has 3 aromatic rings. The number of hydrogen-bond acceptors (Lipinski definition) is 4. The van der Waals surface area contributed by atoms with Gasteiger partial charge >= 0.3 is 0 Å². The lowest BCUT2D eigenvalue weighted by atomic mass is 10.0. The van der Waals surface area contributed by atoms with Crippen LogP contribution in [0.1, 0.15) is 42.5 Å². The predicted octanol–water partition coefficient (Wildman–Crippen LogP) is 5.28. The summed E-state index contributed by atoms with van der Waals surface area (Å²) < 4.78 is 27.0. The first-order valence-corrected chi connectivity index (χ1v) is 15.6. The quantitative estimate of drug-likeness (QED) is 0.314. The minimum atomic E-state index is -3.83. The molecule has 0 aliphatic carbocycles. The van der Waals surface area contributed by atoms with Gasteiger partial charge in [0.2, 0.25) is 21.8 Å². The summed E-state index contributed by atoms with van der Waals surface area (Å²) in [5.74, 6) is -0.820. The van der Waals surface area contributed by atoms with Crippen molar-refractivity contribution < 1.29 is 18.0 Å². The maximum absolute atomic E-state index is 14.1. The van der Waals surface area contributed by atoms with E-state index in [4.69, 9.17) is 11.6 Å². The molecule has 2 atom stereocenters. The average Bonchev–Trinajstić information content (AvgIpc) is 2.91. The Kier molecular flexibility index (Phi) is 10.8. The fraction of sp³-hybridized carbons (Fsp3) is 0.355. The van der Waals surface area contributed by atoms with Crippen LogP contribution in [0, 0.1) is 13.8 Å². The van der Waals surface area contributed by atoms with Gasteiger partial charge in [-0.25, -0.2) is 8.42 Å². The standard InChI is InChI=1S/C31H38ClN3O4S/c1-6-24(4)33-31(37)29(19-25-12-8-7-9-13-25)34(20-26-14-10-11-15-28(26)32)30(36)21-35(40(5,38)39)27-17-16-22(2)23(3)18-27/h7-18,24,29H,6,19-21H2,1-5H3,(H,33,37)/t24-,29-/m0/s1. The molecule has 1 N–H and O–H groups in total. The zero-order chi connectivity index (χ0) is 29.4. The number of benzene rings is 3. The van der Waals surface area contributed by atoms with Gasteiger partial charge in [0.1, 0.15) is 12.6 Å². The Morgan fingerprint density at radius 3 is 2.20 bits per heavy atom. The lowest BCUT2D eigenvalue weighted by molar-refractivity contribution is -0.140. The molecule has 0 aliphatic heterocycles. The molecule has 0 radical (unpaired) electrons. The Morgan fingerprint density at radius 2 is 1.60 bits per heavy atom. The molecule has 3 aromatic carbocycles. The molecule has 0 saturated heterocycles. The Morgan fingerprint density at radius 1 is 0.950 bits per heavy atom. The number of amides is 2. The molecule has 0 aromatic heterocycles. The van der Waals surface area contributed by atoms with E-state index in [1.165, 1.54) is 4.90 Å². The molecule has 40 heavy (non-hydrogen) atoms. The first-order chi connectivity index (χ1) is 18.9. The highest BCUT2D eigenvalue weighted by Gasteiger charge is 2.33. The maximum atomic E-state index is 14.1. The predicted molar refractivity (Wildman–Crippen MR) is 162 cm³/mol. The highest BCUT2D eigenvalue weighted by atomic mass is 35.5. The number of rotatable bonds is 12. The number of halogens is 1. The van der Waals surface area contributed by atoms with Crippen LogP contribution in [0.15, 0.2) is 72.8 Å². The summed E-state index contributed by atoms with van der Waals surface area (Å²) in [6.07, 6.45) is 2.05. The number of nitrogens with one attached hydrogen (secondary N) is 1. The molecule has 0 heterocycles. The summed E-state index contributed by atoms with van der Waals surface area (Å²) in [6, 6.07) is 20.8. The fourth-order valence-electron chi connectivity index (χ4n) is 4.30. The van der Waals surface area contributed by atoms with Gasteiger partial charge < -0.3 is 10.2 Å². The van der Waals surface area contributed by atoms with Gasteiger partial charge in [0.15, 0.2) is 0 Å². The molecule has 0 unspecified atom stereocenters. The van der Waals surface area contributed by atoms with Gasteiger partial charge in [-0.05, 0) is 67.6 Å². The number of hydrogen-bond donors (Lipinski definition) is 1. The first-order valence-electron chi connectivity index (χ1n) is 13.3. The van der Waals surface area contributed by atoms with Crippen molar-refractivity contribution >= 4 is 39.1 Å². The van der Waals surface area contributed by atoms with E-state index < -0.39 is 28.5 Å². The second kappa shape index (κ2) is 13.8. The molecular weight excluding hydrogens is 546 g/mol. The average molecular weight is 584 g/mol.